The molecule has 0 radical (unpaired) electrons. The van der Waals surface area contributed by atoms with Gasteiger partial charge in [0.15, 0.2) is 0 Å². The standard InChI is InChI=1S/C7H2BrClFIO/c8-4-1-3(7(9)12)5(10)2-6(4)11/h1-2H. The molecule has 0 amide bonds. The van der Waals surface area contributed by atoms with Crippen LogP contribution in [-0.2, 0) is 0 Å². The lowest BCUT2D eigenvalue weighted by atomic mass is 10.2. The first kappa shape index (κ1) is 10.4. The second kappa shape index (κ2) is 4.02. The summed E-state index contributed by atoms with van der Waals surface area (Å²) >= 11 is 10.2. The molecule has 0 bridgehead atoms. The predicted octanol–water partition coefficient (Wildman–Crippen LogP) is 3.57. The van der Waals surface area contributed by atoms with Crippen molar-refractivity contribution in [2.24, 2.45) is 0 Å². The number of rotatable bonds is 1. The van der Waals surface area contributed by atoms with E-state index in [1.54, 1.807) is 0 Å². The van der Waals surface area contributed by atoms with Crippen LogP contribution in [0.3, 0.4) is 0 Å². The second-order valence-corrected chi connectivity index (χ2v) is 4.38. The second-order valence-electron chi connectivity index (χ2n) is 2.02. The summed E-state index contributed by atoms with van der Waals surface area (Å²) in [4.78, 5) is 10.6. The first-order chi connectivity index (χ1) is 5.52. The van der Waals surface area contributed by atoms with Gasteiger partial charge in [-0.3, -0.25) is 4.79 Å². The van der Waals surface area contributed by atoms with E-state index in [0.717, 1.165) is 0 Å². The molecular weight excluding hydrogens is 361 g/mol. The fourth-order valence-electron chi connectivity index (χ4n) is 0.673. The summed E-state index contributed by atoms with van der Waals surface area (Å²) in [6.45, 7) is 0. The van der Waals surface area contributed by atoms with Gasteiger partial charge in [-0.1, -0.05) is 0 Å². The Morgan fingerprint density at radius 3 is 2.67 bits per heavy atom. The van der Waals surface area contributed by atoms with E-state index in [4.69, 9.17) is 11.6 Å². The van der Waals surface area contributed by atoms with Gasteiger partial charge in [0.25, 0.3) is 5.24 Å². The van der Waals surface area contributed by atoms with E-state index in [1.807, 2.05) is 22.6 Å². The molecule has 1 aromatic carbocycles. The summed E-state index contributed by atoms with van der Waals surface area (Å²) < 4.78 is 14.3. The zero-order valence-corrected chi connectivity index (χ0v) is 10.1. The Bertz CT molecular complexity index is 342. The van der Waals surface area contributed by atoms with Crippen LogP contribution >= 0.6 is 50.1 Å². The van der Waals surface area contributed by atoms with E-state index in [-0.39, 0.29) is 5.56 Å². The fourth-order valence-corrected chi connectivity index (χ4v) is 1.59. The molecule has 0 unspecified atom stereocenters. The lowest BCUT2D eigenvalue weighted by molar-refractivity contribution is 0.107. The fraction of sp³-hybridized carbons (Fsp3) is 0. The molecule has 0 aliphatic heterocycles. The Morgan fingerprint density at radius 1 is 1.58 bits per heavy atom. The third-order valence-electron chi connectivity index (χ3n) is 1.22. The minimum absolute atomic E-state index is 0.107. The molecule has 0 spiro atoms. The number of halogens is 4. The predicted molar refractivity (Wildman–Crippen MR) is 57.0 cm³/mol. The van der Waals surface area contributed by atoms with E-state index in [1.165, 1.54) is 12.1 Å². The van der Waals surface area contributed by atoms with Gasteiger partial charge in [0.1, 0.15) is 5.82 Å². The molecule has 0 N–H and O–H groups in total. The van der Waals surface area contributed by atoms with Gasteiger partial charge >= 0.3 is 0 Å². The molecule has 64 valence electrons. The van der Waals surface area contributed by atoms with E-state index in [9.17, 15) is 9.18 Å². The molecular formula is C7H2BrClFIO. The first-order valence-corrected chi connectivity index (χ1v) is 5.11. The van der Waals surface area contributed by atoms with Crippen LogP contribution in [0.2, 0.25) is 0 Å². The minimum atomic E-state index is -0.787. The quantitative estimate of drug-likeness (QED) is 0.424. The highest BCUT2D eigenvalue weighted by atomic mass is 127. The highest BCUT2D eigenvalue weighted by molar-refractivity contribution is 14.1. The summed E-state index contributed by atoms with van der Waals surface area (Å²) in [5, 5.41) is -0.787. The van der Waals surface area contributed by atoms with Crippen LogP contribution in [0.5, 0.6) is 0 Å². The van der Waals surface area contributed by atoms with Gasteiger partial charge < -0.3 is 0 Å². The Labute approximate surface area is 95.6 Å². The average Bonchev–Trinajstić information content (AvgIpc) is 1.96. The molecule has 12 heavy (non-hydrogen) atoms. The van der Waals surface area contributed by atoms with Crippen LogP contribution in [0.4, 0.5) is 4.39 Å². The van der Waals surface area contributed by atoms with E-state index >= 15 is 0 Å². The maximum Gasteiger partial charge on any atom is 0.255 e. The molecule has 1 nitrogen and oxygen atoms in total. The summed E-state index contributed by atoms with van der Waals surface area (Å²) in [5.41, 5.74) is -0.107. The molecule has 0 saturated carbocycles. The zero-order chi connectivity index (χ0) is 9.30. The topological polar surface area (TPSA) is 17.1 Å². The Kier molecular flexibility index (Phi) is 3.48. The van der Waals surface area contributed by atoms with Gasteiger partial charge in [0.2, 0.25) is 0 Å². The van der Waals surface area contributed by atoms with Crippen LogP contribution in [0.25, 0.3) is 0 Å². The molecule has 0 saturated heterocycles. The monoisotopic (exact) mass is 362 g/mol. The van der Waals surface area contributed by atoms with Gasteiger partial charge in [-0.15, -0.1) is 0 Å². The summed E-state index contributed by atoms with van der Waals surface area (Å²) in [7, 11) is 0. The number of hydrogen-bond acceptors (Lipinski definition) is 1. The van der Waals surface area contributed by atoms with E-state index < -0.39 is 11.1 Å². The molecule has 1 rings (SSSR count). The SMILES string of the molecule is O=C(Cl)c1cc(Br)c(I)cc1F. The van der Waals surface area contributed by atoms with Crippen molar-refractivity contribution in [3.05, 3.63) is 31.6 Å². The van der Waals surface area contributed by atoms with Crippen molar-refractivity contribution in [2.75, 3.05) is 0 Å². The van der Waals surface area contributed by atoms with Gasteiger partial charge in [0.05, 0.1) is 5.56 Å². The molecule has 0 heterocycles. The van der Waals surface area contributed by atoms with Crippen molar-refractivity contribution in [3.8, 4) is 0 Å². The average molecular weight is 363 g/mol. The van der Waals surface area contributed by atoms with Crippen LogP contribution in [0.15, 0.2) is 16.6 Å². The highest BCUT2D eigenvalue weighted by Gasteiger charge is 2.11. The molecule has 1 aromatic rings. The van der Waals surface area contributed by atoms with Crippen molar-refractivity contribution in [1.29, 1.82) is 0 Å². The third-order valence-corrected chi connectivity index (χ3v) is 3.72. The Hall–Kier alpha value is 0.320. The maximum absolute atomic E-state index is 13.0. The smallest absolute Gasteiger partial charge is 0.255 e. The molecule has 0 aromatic heterocycles. The van der Waals surface area contributed by atoms with Gasteiger partial charge in [-0.2, -0.15) is 0 Å². The van der Waals surface area contributed by atoms with Crippen LogP contribution in [0.1, 0.15) is 10.4 Å². The van der Waals surface area contributed by atoms with Crippen molar-refractivity contribution < 1.29 is 9.18 Å². The molecule has 5 heteroatoms. The molecule has 0 aliphatic rings. The summed E-state index contributed by atoms with van der Waals surface area (Å²) in [5.74, 6) is -0.595. The number of carbonyl (C=O) groups excluding carboxylic acids is 1. The Morgan fingerprint density at radius 2 is 2.17 bits per heavy atom. The number of benzene rings is 1. The maximum atomic E-state index is 13.0. The molecule has 0 atom stereocenters. The van der Waals surface area contributed by atoms with Crippen LogP contribution < -0.4 is 0 Å². The van der Waals surface area contributed by atoms with Crippen molar-refractivity contribution >= 4 is 55.4 Å². The molecule has 0 fully saturated rings. The largest absolute Gasteiger partial charge is 0.275 e. The van der Waals surface area contributed by atoms with E-state index in [0.29, 0.717) is 8.04 Å². The van der Waals surface area contributed by atoms with Gasteiger partial charge in [-0.05, 0) is 62.3 Å². The minimum Gasteiger partial charge on any atom is -0.275 e. The summed E-state index contributed by atoms with van der Waals surface area (Å²) in [6, 6.07) is 2.62. The van der Waals surface area contributed by atoms with E-state index in [2.05, 4.69) is 15.9 Å². The zero-order valence-electron chi connectivity index (χ0n) is 5.57. The molecule has 0 aliphatic carbocycles. The van der Waals surface area contributed by atoms with Crippen molar-refractivity contribution in [3.63, 3.8) is 0 Å². The lowest BCUT2D eigenvalue weighted by Crippen LogP contribution is -1.95. The van der Waals surface area contributed by atoms with Crippen molar-refractivity contribution in [1.82, 2.24) is 0 Å². The Balaban J connectivity index is 3.33. The third kappa shape index (κ3) is 2.17. The van der Waals surface area contributed by atoms with Gasteiger partial charge in [0, 0.05) is 8.04 Å². The number of carbonyl (C=O) groups is 1. The lowest BCUT2D eigenvalue weighted by Gasteiger charge is -1.99. The van der Waals surface area contributed by atoms with Crippen LogP contribution in [0, 0.1) is 9.39 Å². The van der Waals surface area contributed by atoms with Crippen LogP contribution in [-0.4, -0.2) is 5.24 Å². The van der Waals surface area contributed by atoms with Crippen molar-refractivity contribution in [2.45, 2.75) is 0 Å². The normalized spacial score (nSPS) is 10.0. The summed E-state index contributed by atoms with van der Waals surface area (Å²) in [6.07, 6.45) is 0. The van der Waals surface area contributed by atoms with Gasteiger partial charge in [-0.25, -0.2) is 4.39 Å². The first-order valence-electron chi connectivity index (χ1n) is 2.86. The number of hydrogen-bond donors (Lipinski definition) is 0. The highest BCUT2D eigenvalue weighted by Crippen LogP contribution is 2.23.